The first-order chi connectivity index (χ1) is 6.70. The quantitative estimate of drug-likeness (QED) is 0.696. The van der Waals surface area contributed by atoms with Crippen molar-refractivity contribution in [2.75, 3.05) is 13.2 Å². The fourth-order valence-corrected chi connectivity index (χ4v) is 3.03. The van der Waals surface area contributed by atoms with Gasteiger partial charge < -0.3 is 10.1 Å². The van der Waals surface area contributed by atoms with Gasteiger partial charge in [0, 0.05) is 12.1 Å². The van der Waals surface area contributed by atoms with Gasteiger partial charge in [-0.25, -0.2) is 0 Å². The maximum Gasteiger partial charge on any atom is 0.0779 e. The summed E-state index contributed by atoms with van der Waals surface area (Å²) in [5.41, 5.74) is 0.181. The molecule has 2 nitrogen and oxygen atoms in total. The lowest BCUT2D eigenvalue weighted by molar-refractivity contribution is -0.0774. The standard InChI is InChI=1S/C12H23NO/c1-12(2)11(14-9-8-13-12)10-6-4-3-5-7-10/h10-11,13H,3-9H2,1-2H3/t11-/m1/s1. The van der Waals surface area contributed by atoms with Crippen molar-refractivity contribution < 1.29 is 4.74 Å². The topological polar surface area (TPSA) is 21.3 Å². The molecule has 2 fully saturated rings. The first kappa shape index (κ1) is 10.4. The van der Waals surface area contributed by atoms with Gasteiger partial charge in [0.05, 0.1) is 12.7 Å². The average Bonchev–Trinajstić information content (AvgIpc) is 2.18. The molecule has 0 spiro atoms. The number of nitrogens with one attached hydrogen (secondary N) is 1. The number of hydrogen-bond acceptors (Lipinski definition) is 2. The molecule has 1 saturated carbocycles. The highest BCUT2D eigenvalue weighted by Crippen LogP contribution is 2.33. The summed E-state index contributed by atoms with van der Waals surface area (Å²) in [4.78, 5) is 0. The SMILES string of the molecule is CC1(C)NCCO[C@@H]1C1CCCCC1. The van der Waals surface area contributed by atoms with E-state index in [1.807, 2.05) is 0 Å². The molecule has 2 rings (SSSR count). The lowest BCUT2D eigenvalue weighted by Crippen LogP contribution is -2.59. The first-order valence-corrected chi connectivity index (χ1v) is 6.07. The molecule has 1 aliphatic carbocycles. The van der Waals surface area contributed by atoms with E-state index >= 15 is 0 Å². The predicted octanol–water partition coefficient (Wildman–Crippen LogP) is 2.33. The van der Waals surface area contributed by atoms with Crippen LogP contribution in [0.5, 0.6) is 0 Å². The molecule has 1 atom stereocenters. The minimum absolute atomic E-state index is 0.181. The van der Waals surface area contributed by atoms with Crippen molar-refractivity contribution in [2.45, 2.75) is 57.6 Å². The Balaban J connectivity index is 1.99. The van der Waals surface area contributed by atoms with Crippen molar-refractivity contribution in [3.8, 4) is 0 Å². The molecule has 0 aromatic carbocycles. The smallest absolute Gasteiger partial charge is 0.0779 e. The zero-order chi connectivity index (χ0) is 10.0. The van der Waals surface area contributed by atoms with Gasteiger partial charge in [-0.1, -0.05) is 19.3 Å². The molecule has 1 aliphatic heterocycles. The van der Waals surface area contributed by atoms with Crippen LogP contribution in [0.15, 0.2) is 0 Å². The second-order valence-corrected chi connectivity index (χ2v) is 5.34. The van der Waals surface area contributed by atoms with Crippen LogP contribution in [0, 0.1) is 5.92 Å². The molecule has 0 aromatic heterocycles. The number of morpholine rings is 1. The minimum Gasteiger partial charge on any atom is -0.375 e. The van der Waals surface area contributed by atoms with E-state index in [1.54, 1.807) is 0 Å². The average molecular weight is 197 g/mol. The zero-order valence-corrected chi connectivity index (χ0v) is 9.51. The molecule has 2 aliphatic rings. The summed E-state index contributed by atoms with van der Waals surface area (Å²) in [5.74, 6) is 0.798. The Labute approximate surface area is 87.4 Å². The van der Waals surface area contributed by atoms with E-state index < -0.39 is 0 Å². The molecule has 0 bridgehead atoms. The Hall–Kier alpha value is -0.0800. The zero-order valence-electron chi connectivity index (χ0n) is 9.51. The highest BCUT2D eigenvalue weighted by atomic mass is 16.5. The monoisotopic (exact) mass is 197 g/mol. The highest BCUT2D eigenvalue weighted by Gasteiger charge is 2.38. The minimum atomic E-state index is 0.181. The number of hydrogen-bond donors (Lipinski definition) is 1. The van der Waals surface area contributed by atoms with Gasteiger partial charge in [0.1, 0.15) is 0 Å². The van der Waals surface area contributed by atoms with Crippen LogP contribution in [0.4, 0.5) is 0 Å². The lowest BCUT2D eigenvalue weighted by Gasteiger charge is -2.44. The van der Waals surface area contributed by atoms with Gasteiger partial charge in [-0.05, 0) is 32.6 Å². The Morgan fingerprint density at radius 3 is 2.50 bits per heavy atom. The van der Waals surface area contributed by atoms with Crippen molar-refractivity contribution in [3.05, 3.63) is 0 Å². The molecule has 2 heteroatoms. The first-order valence-electron chi connectivity index (χ1n) is 6.07. The molecule has 1 heterocycles. The lowest BCUT2D eigenvalue weighted by atomic mass is 9.77. The second-order valence-electron chi connectivity index (χ2n) is 5.34. The molecular weight excluding hydrogens is 174 g/mol. The summed E-state index contributed by atoms with van der Waals surface area (Å²) < 4.78 is 5.97. The molecule has 0 aromatic rings. The van der Waals surface area contributed by atoms with Gasteiger partial charge in [-0.15, -0.1) is 0 Å². The Bertz CT molecular complexity index is 185. The summed E-state index contributed by atoms with van der Waals surface area (Å²) in [7, 11) is 0. The predicted molar refractivity (Wildman–Crippen MR) is 58.4 cm³/mol. The van der Waals surface area contributed by atoms with Gasteiger partial charge in [0.2, 0.25) is 0 Å². The van der Waals surface area contributed by atoms with Crippen LogP contribution in [-0.2, 0) is 4.74 Å². The molecule has 1 N–H and O–H groups in total. The van der Waals surface area contributed by atoms with E-state index in [0.29, 0.717) is 6.10 Å². The van der Waals surface area contributed by atoms with E-state index in [0.717, 1.165) is 19.1 Å². The normalized spacial score (nSPS) is 34.3. The van der Waals surface area contributed by atoms with E-state index in [1.165, 1.54) is 32.1 Å². The van der Waals surface area contributed by atoms with Gasteiger partial charge >= 0.3 is 0 Å². The van der Waals surface area contributed by atoms with Gasteiger partial charge in [-0.3, -0.25) is 0 Å². The molecule has 0 radical (unpaired) electrons. The van der Waals surface area contributed by atoms with Crippen LogP contribution in [-0.4, -0.2) is 24.8 Å². The Morgan fingerprint density at radius 2 is 1.86 bits per heavy atom. The van der Waals surface area contributed by atoms with Crippen LogP contribution in [0.2, 0.25) is 0 Å². The fraction of sp³-hybridized carbons (Fsp3) is 1.00. The second kappa shape index (κ2) is 4.19. The molecule has 14 heavy (non-hydrogen) atoms. The van der Waals surface area contributed by atoms with Crippen molar-refractivity contribution >= 4 is 0 Å². The van der Waals surface area contributed by atoms with Crippen LogP contribution < -0.4 is 5.32 Å². The van der Waals surface area contributed by atoms with Crippen LogP contribution in [0.25, 0.3) is 0 Å². The molecule has 0 unspecified atom stereocenters. The maximum absolute atomic E-state index is 5.97. The van der Waals surface area contributed by atoms with E-state index in [2.05, 4.69) is 19.2 Å². The molecular formula is C12H23NO. The third-order valence-corrected chi connectivity index (χ3v) is 3.77. The van der Waals surface area contributed by atoms with Crippen molar-refractivity contribution in [3.63, 3.8) is 0 Å². The summed E-state index contributed by atoms with van der Waals surface area (Å²) in [6, 6.07) is 0. The summed E-state index contributed by atoms with van der Waals surface area (Å²) in [5, 5.41) is 3.58. The van der Waals surface area contributed by atoms with Gasteiger partial charge in [0.25, 0.3) is 0 Å². The molecule has 82 valence electrons. The van der Waals surface area contributed by atoms with Crippen molar-refractivity contribution in [1.29, 1.82) is 0 Å². The number of ether oxygens (including phenoxy) is 1. The summed E-state index contributed by atoms with van der Waals surface area (Å²) >= 11 is 0. The van der Waals surface area contributed by atoms with Crippen molar-refractivity contribution in [2.24, 2.45) is 5.92 Å². The van der Waals surface area contributed by atoms with E-state index in [-0.39, 0.29) is 5.54 Å². The van der Waals surface area contributed by atoms with Crippen LogP contribution in [0.3, 0.4) is 0 Å². The van der Waals surface area contributed by atoms with E-state index in [9.17, 15) is 0 Å². The molecule has 1 saturated heterocycles. The maximum atomic E-state index is 5.97. The van der Waals surface area contributed by atoms with Gasteiger partial charge in [-0.2, -0.15) is 0 Å². The van der Waals surface area contributed by atoms with Gasteiger partial charge in [0.15, 0.2) is 0 Å². The largest absolute Gasteiger partial charge is 0.375 e. The van der Waals surface area contributed by atoms with Crippen LogP contribution in [0.1, 0.15) is 46.0 Å². The summed E-state index contributed by atoms with van der Waals surface area (Å²) in [6.07, 6.45) is 7.42. The molecule has 0 amide bonds. The summed E-state index contributed by atoms with van der Waals surface area (Å²) in [6.45, 7) is 6.47. The third kappa shape index (κ3) is 2.12. The highest BCUT2D eigenvalue weighted by molar-refractivity contribution is 4.94. The third-order valence-electron chi connectivity index (χ3n) is 3.77. The Kier molecular flexibility index (Phi) is 3.13. The number of rotatable bonds is 1. The van der Waals surface area contributed by atoms with Crippen molar-refractivity contribution in [1.82, 2.24) is 5.32 Å². The van der Waals surface area contributed by atoms with Crippen LogP contribution >= 0.6 is 0 Å². The Morgan fingerprint density at radius 1 is 1.14 bits per heavy atom. The fourth-order valence-electron chi connectivity index (χ4n) is 3.03. The van der Waals surface area contributed by atoms with E-state index in [4.69, 9.17) is 4.74 Å².